The zero-order chi connectivity index (χ0) is 21.5. The lowest BCUT2D eigenvalue weighted by atomic mass is 9.93. The predicted molar refractivity (Wildman–Crippen MR) is 111 cm³/mol. The van der Waals surface area contributed by atoms with Crippen molar-refractivity contribution >= 4 is 18.0 Å². The van der Waals surface area contributed by atoms with Gasteiger partial charge in [-0.15, -0.1) is 0 Å². The number of carbonyl (C=O) groups is 3. The third-order valence-electron chi connectivity index (χ3n) is 5.24. The minimum Gasteiger partial charge on any atom is -0.461 e. The number of amides is 2. The molecule has 0 saturated carbocycles. The van der Waals surface area contributed by atoms with Gasteiger partial charge in [-0.05, 0) is 23.5 Å². The van der Waals surface area contributed by atoms with Gasteiger partial charge in [0.05, 0.1) is 18.4 Å². The van der Waals surface area contributed by atoms with Crippen molar-refractivity contribution in [1.82, 2.24) is 4.90 Å². The van der Waals surface area contributed by atoms with Crippen LogP contribution in [-0.2, 0) is 32.1 Å². The Morgan fingerprint density at radius 2 is 1.63 bits per heavy atom. The van der Waals surface area contributed by atoms with E-state index in [-0.39, 0.29) is 31.6 Å². The van der Waals surface area contributed by atoms with E-state index >= 15 is 0 Å². The highest BCUT2D eigenvalue weighted by molar-refractivity contribution is 5.96. The third-order valence-corrected chi connectivity index (χ3v) is 5.24. The summed E-state index contributed by atoms with van der Waals surface area (Å²) in [6.45, 7) is 4.20. The molecular formula is C24H27NO5. The number of hydrogen-bond donors (Lipinski definition) is 0. The first kappa shape index (κ1) is 21.6. The average molecular weight is 409 g/mol. The molecule has 0 aromatic heterocycles. The number of cyclic esters (lactones) is 1. The van der Waals surface area contributed by atoms with Gasteiger partial charge >= 0.3 is 12.1 Å². The van der Waals surface area contributed by atoms with Gasteiger partial charge in [0.15, 0.2) is 0 Å². The molecule has 2 amide bonds. The predicted octanol–water partition coefficient (Wildman–Crippen LogP) is 3.98. The van der Waals surface area contributed by atoms with E-state index in [0.29, 0.717) is 6.42 Å². The van der Waals surface area contributed by atoms with Crippen molar-refractivity contribution in [2.75, 3.05) is 6.61 Å². The molecule has 1 aliphatic heterocycles. The van der Waals surface area contributed by atoms with Gasteiger partial charge in [-0.1, -0.05) is 74.5 Å². The Morgan fingerprint density at radius 1 is 1.03 bits per heavy atom. The van der Waals surface area contributed by atoms with E-state index in [2.05, 4.69) is 0 Å². The first-order valence-electron chi connectivity index (χ1n) is 10.2. The topological polar surface area (TPSA) is 72.9 Å². The SMILES string of the molecule is CC(C)C1COC(=O)N1C(=O)C(CC(=O)OCc1ccccc1)Cc1ccccc1. The summed E-state index contributed by atoms with van der Waals surface area (Å²) in [5.41, 5.74) is 1.79. The summed E-state index contributed by atoms with van der Waals surface area (Å²) < 4.78 is 10.5. The minimum atomic E-state index is -0.706. The van der Waals surface area contributed by atoms with Gasteiger partial charge in [0, 0.05) is 0 Å². The molecule has 6 heteroatoms. The van der Waals surface area contributed by atoms with Crippen molar-refractivity contribution < 1.29 is 23.9 Å². The van der Waals surface area contributed by atoms with E-state index in [9.17, 15) is 14.4 Å². The lowest BCUT2D eigenvalue weighted by Crippen LogP contribution is -2.45. The first-order chi connectivity index (χ1) is 14.5. The highest BCUT2D eigenvalue weighted by atomic mass is 16.6. The van der Waals surface area contributed by atoms with Gasteiger partial charge in [0.2, 0.25) is 5.91 Å². The summed E-state index contributed by atoms with van der Waals surface area (Å²) in [4.78, 5) is 39.3. The van der Waals surface area contributed by atoms with Crippen molar-refractivity contribution in [3.05, 3.63) is 71.8 Å². The number of imide groups is 1. The number of nitrogens with zero attached hydrogens (tertiary/aromatic N) is 1. The van der Waals surface area contributed by atoms with Crippen LogP contribution in [-0.4, -0.2) is 35.5 Å². The summed E-state index contributed by atoms with van der Waals surface area (Å²) in [7, 11) is 0. The number of benzene rings is 2. The number of rotatable bonds is 8. The average Bonchev–Trinajstić information content (AvgIpc) is 3.14. The summed E-state index contributed by atoms with van der Waals surface area (Å²) in [6.07, 6.45) is -0.404. The summed E-state index contributed by atoms with van der Waals surface area (Å²) in [6, 6.07) is 18.5. The molecule has 2 atom stereocenters. The maximum Gasteiger partial charge on any atom is 0.416 e. The van der Waals surface area contributed by atoms with Crippen LogP contribution in [0.4, 0.5) is 4.79 Å². The molecule has 30 heavy (non-hydrogen) atoms. The van der Waals surface area contributed by atoms with Crippen molar-refractivity contribution in [3.8, 4) is 0 Å². The third kappa shape index (κ3) is 5.47. The fourth-order valence-corrected chi connectivity index (χ4v) is 3.52. The van der Waals surface area contributed by atoms with Crippen LogP contribution < -0.4 is 0 Å². The summed E-state index contributed by atoms with van der Waals surface area (Å²) >= 11 is 0. The molecule has 2 unspecified atom stereocenters. The Hall–Kier alpha value is -3.15. The molecule has 1 heterocycles. The van der Waals surface area contributed by atoms with E-state index in [1.165, 1.54) is 4.90 Å². The quantitative estimate of drug-likeness (QED) is 0.617. The van der Waals surface area contributed by atoms with Crippen molar-refractivity contribution in [1.29, 1.82) is 0 Å². The van der Waals surface area contributed by atoms with Crippen LogP contribution in [0.3, 0.4) is 0 Å². The number of carbonyl (C=O) groups excluding carboxylic acids is 3. The monoisotopic (exact) mass is 409 g/mol. The highest BCUT2D eigenvalue weighted by Crippen LogP contribution is 2.25. The smallest absolute Gasteiger partial charge is 0.416 e. The molecule has 2 aromatic rings. The molecule has 1 aliphatic rings. The van der Waals surface area contributed by atoms with E-state index < -0.39 is 23.9 Å². The van der Waals surface area contributed by atoms with E-state index in [1.807, 2.05) is 74.5 Å². The molecule has 0 aliphatic carbocycles. The zero-order valence-corrected chi connectivity index (χ0v) is 17.3. The standard InChI is InChI=1S/C24H27NO5/c1-17(2)21-16-30-24(28)25(21)23(27)20(13-18-9-5-3-6-10-18)14-22(26)29-15-19-11-7-4-8-12-19/h3-12,17,20-21H,13-16H2,1-2H3. The zero-order valence-electron chi connectivity index (χ0n) is 17.3. The van der Waals surface area contributed by atoms with E-state index in [0.717, 1.165) is 11.1 Å². The minimum absolute atomic E-state index is 0.0582. The van der Waals surface area contributed by atoms with Crippen LogP contribution in [0.2, 0.25) is 0 Å². The molecule has 2 aromatic carbocycles. The summed E-state index contributed by atoms with van der Waals surface area (Å²) in [5.74, 6) is -1.51. The molecule has 3 rings (SSSR count). The van der Waals surface area contributed by atoms with Crippen molar-refractivity contribution in [2.45, 2.75) is 39.3 Å². The van der Waals surface area contributed by atoms with Gasteiger partial charge in [-0.2, -0.15) is 0 Å². The van der Waals surface area contributed by atoms with Crippen molar-refractivity contribution in [2.24, 2.45) is 11.8 Å². The molecule has 158 valence electrons. The molecule has 0 radical (unpaired) electrons. The van der Waals surface area contributed by atoms with Gasteiger partial charge in [-0.3, -0.25) is 9.59 Å². The second-order valence-corrected chi connectivity index (χ2v) is 7.83. The van der Waals surface area contributed by atoms with Gasteiger partial charge in [-0.25, -0.2) is 9.69 Å². The van der Waals surface area contributed by atoms with Crippen LogP contribution in [0.5, 0.6) is 0 Å². The number of esters is 1. The summed E-state index contributed by atoms with van der Waals surface area (Å²) in [5, 5.41) is 0. The van der Waals surface area contributed by atoms with E-state index in [4.69, 9.17) is 9.47 Å². The Morgan fingerprint density at radius 3 is 2.23 bits per heavy atom. The van der Waals surface area contributed by atoms with Gasteiger partial charge < -0.3 is 9.47 Å². The number of hydrogen-bond acceptors (Lipinski definition) is 5. The number of ether oxygens (including phenoxy) is 2. The molecule has 0 bridgehead atoms. The van der Waals surface area contributed by atoms with Crippen LogP contribution in [0.25, 0.3) is 0 Å². The largest absolute Gasteiger partial charge is 0.461 e. The Kier molecular flexibility index (Phi) is 7.22. The van der Waals surface area contributed by atoms with Crippen molar-refractivity contribution in [3.63, 3.8) is 0 Å². The van der Waals surface area contributed by atoms with Crippen LogP contribution in [0, 0.1) is 11.8 Å². The normalized spacial score (nSPS) is 17.0. The fraction of sp³-hybridized carbons (Fsp3) is 0.375. The maximum atomic E-state index is 13.3. The Bertz CT molecular complexity index is 866. The molecule has 1 fully saturated rings. The Labute approximate surface area is 176 Å². The van der Waals surface area contributed by atoms with Gasteiger partial charge in [0.1, 0.15) is 13.2 Å². The van der Waals surface area contributed by atoms with Gasteiger partial charge in [0.25, 0.3) is 0 Å². The first-order valence-corrected chi connectivity index (χ1v) is 10.2. The fourth-order valence-electron chi connectivity index (χ4n) is 3.52. The lowest BCUT2D eigenvalue weighted by molar-refractivity contribution is -0.149. The molecule has 6 nitrogen and oxygen atoms in total. The second kappa shape index (κ2) is 10.1. The van der Waals surface area contributed by atoms with Crippen LogP contribution >= 0.6 is 0 Å². The lowest BCUT2D eigenvalue weighted by Gasteiger charge is -2.26. The molecule has 0 spiro atoms. The van der Waals surface area contributed by atoms with Crippen LogP contribution in [0.15, 0.2) is 60.7 Å². The van der Waals surface area contributed by atoms with Crippen LogP contribution in [0.1, 0.15) is 31.4 Å². The molecule has 0 N–H and O–H groups in total. The second-order valence-electron chi connectivity index (χ2n) is 7.83. The highest BCUT2D eigenvalue weighted by Gasteiger charge is 2.42. The van der Waals surface area contributed by atoms with E-state index in [1.54, 1.807) is 0 Å². The maximum absolute atomic E-state index is 13.3. The molecular weight excluding hydrogens is 382 g/mol. The Balaban J connectivity index is 1.73. The molecule has 1 saturated heterocycles.